The van der Waals surface area contributed by atoms with Crippen LogP contribution in [0.15, 0.2) is 46.9 Å². The Hall–Kier alpha value is -2.05. The van der Waals surface area contributed by atoms with Crippen molar-refractivity contribution < 1.29 is 14.3 Å². The molecule has 0 radical (unpaired) electrons. The highest BCUT2D eigenvalue weighted by atomic mass is 79.9. The van der Waals surface area contributed by atoms with Gasteiger partial charge in [-0.15, -0.1) is 0 Å². The van der Waals surface area contributed by atoms with Crippen LogP contribution in [0.5, 0.6) is 5.75 Å². The van der Waals surface area contributed by atoms with E-state index in [9.17, 15) is 9.59 Å². The number of halogens is 2. The maximum atomic E-state index is 12.9. The Morgan fingerprint density at radius 2 is 2.00 bits per heavy atom. The molecule has 0 aliphatic carbocycles. The number of aryl methyl sites for hydroxylation is 1. The predicted octanol–water partition coefficient (Wildman–Crippen LogP) is 4.34. The SMILES string of the molecule is CCNC(=O)C(C)N(Cc1cccc(Br)c1)C(=O)COc1ccc(Cl)c(C)c1. The fourth-order valence-corrected chi connectivity index (χ4v) is 3.24. The van der Waals surface area contributed by atoms with E-state index in [0.717, 1.165) is 15.6 Å². The van der Waals surface area contributed by atoms with E-state index >= 15 is 0 Å². The molecule has 0 fully saturated rings. The summed E-state index contributed by atoms with van der Waals surface area (Å²) in [7, 11) is 0. The molecular weight excluding hydrogens is 444 g/mol. The zero-order chi connectivity index (χ0) is 20.7. The van der Waals surface area contributed by atoms with Crippen molar-refractivity contribution in [3.63, 3.8) is 0 Å². The average Bonchev–Trinajstić information content (AvgIpc) is 2.66. The van der Waals surface area contributed by atoms with Crippen LogP contribution in [0.3, 0.4) is 0 Å². The van der Waals surface area contributed by atoms with Gasteiger partial charge in [0.1, 0.15) is 11.8 Å². The third kappa shape index (κ3) is 6.24. The molecule has 150 valence electrons. The van der Waals surface area contributed by atoms with Gasteiger partial charge >= 0.3 is 0 Å². The van der Waals surface area contributed by atoms with Crippen LogP contribution in [-0.2, 0) is 16.1 Å². The van der Waals surface area contributed by atoms with E-state index in [4.69, 9.17) is 16.3 Å². The number of benzene rings is 2. The average molecular weight is 468 g/mol. The Bertz CT molecular complexity index is 844. The summed E-state index contributed by atoms with van der Waals surface area (Å²) in [6.45, 7) is 6.07. The molecule has 5 nitrogen and oxygen atoms in total. The fourth-order valence-electron chi connectivity index (χ4n) is 2.67. The Morgan fingerprint density at radius 1 is 1.25 bits per heavy atom. The van der Waals surface area contributed by atoms with E-state index in [1.165, 1.54) is 4.90 Å². The number of ether oxygens (including phenoxy) is 1. The molecule has 0 aliphatic rings. The minimum atomic E-state index is -0.623. The van der Waals surface area contributed by atoms with Crippen LogP contribution in [0, 0.1) is 6.92 Å². The molecule has 0 spiro atoms. The number of hydrogen-bond acceptors (Lipinski definition) is 3. The van der Waals surface area contributed by atoms with Gasteiger partial charge < -0.3 is 15.0 Å². The lowest BCUT2D eigenvalue weighted by molar-refractivity contribution is -0.142. The molecule has 0 aromatic heterocycles. The first-order chi connectivity index (χ1) is 13.3. The highest BCUT2D eigenvalue weighted by Gasteiger charge is 2.26. The quantitative estimate of drug-likeness (QED) is 0.628. The highest BCUT2D eigenvalue weighted by Crippen LogP contribution is 2.21. The monoisotopic (exact) mass is 466 g/mol. The molecule has 2 aromatic carbocycles. The smallest absolute Gasteiger partial charge is 0.261 e. The molecule has 2 rings (SSSR count). The fraction of sp³-hybridized carbons (Fsp3) is 0.333. The maximum Gasteiger partial charge on any atom is 0.261 e. The molecular formula is C21H24BrClN2O3. The van der Waals surface area contributed by atoms with Crippen molar-refractivity contribution in [2.75, 3.05) is 13.2 Å². The normalized spacial score (nSPS) is 11.6. The summed E-state index contributed by atoms with van der Waals surface area (Å²) in [5, 5.41) is 3.41. The van der Waals surface area contributed by atoms with Gasteiger partial charge in [0.2, 0.25) is 5.91 Å². The number of hydrogen-bond donors (Lipinski definition) is 1. The molecule has 1 N–H and O–H groups in total. The highest BCUT2D eigenvalue weighted by molar-refractivity contribution is 9.10. The first-order valence-electron chi connectivity index (χ1n) is 9.02. The number of rotatable bonds is 8. The van der Waals surface area contributed by atoms with Crippen molar-refractivity contribution in [1.82, 2.24) is 10.2 Å². The van der Waals surface area contributed by atoms with Crippen LogP contribution >= 0.6 is 27.5 Å². The van der Waals surface area contributed by atoms with Gasteiger partial charge in [-0.2, -0.15) is 0 Å². The van der Waals surface area contributed by atoms with E-state index in [-0.39, 0.29) is 18.4 Å². The van der Waals surface area contributed by atoms with Crippen LogP contribution in [0.4, 0.5) is 0 Å². The Balaban J connectivity index is 2.15. The molecule has 1 unspecified atom stereocenters. The number of carbonyl (C=O) groups is 2. The molecule has 28 heavy (non-hydrogen) atoms. The number of carbonyl (C=O) groups excluding carboxylic acids is 2. The lowest BCUT2D eigenvalue weighted by Gasteiger charge is -2.28. The molecule has 0 saturated carbocycles. The number of nitrogens with zero attached hydrogens (tertiary/aromatic N) is 1. The van der Waals surface area contributed by atoms with E-state index in [2.05, 4.69) is 21.2 Å². The Morgan fingerprint density at radius 3 is 2.64 bits per heavy atom. The number of amides is 2. The van der Waals surface area contributed by atoms with E-state index < -0.39 is 6.04 Å². The van der Waals surface area contributed by atoms with Gasteiger partial charge in [-0.25, -0.2) is 0 Å². The Labute approximate surface area is 179 Å². The molecule has 2 aromatic rings. The molecule has 0 aliphatic heterocycles. The molecule has 0 bridgehead atoms. The van der Waals surface area contributed by atoms with Crippen LogP contribution in [0.1, 0.15) is 25.0 Å². The van der Waals surface area contributed by atoms with Crippen molar-refractivity contribution in [3.05, 3.63) is 63.1 Å². The summed E-state index contributed by atoms with van der Waals surface area (Å²) >= 11 is 9.46. The van der Waals surface area contributed by atoms with E-state index in [0.29, 0.717) is 23.9 Å². The lowest BCUT2D eigenvalue weighted by atomic mass is 10.1. The third-order valence-corrected chi connectivity index (χ3v) is 5.17. The topological polar surface area (TPSA) is 58.6 Å². The zero-order valence-corrected chi connectivity index (χ0v) is 18.5. The van der Waals surface area contributed by atoms with Crippen LogP contribution < -0.4 is 10.1 Å². The van der Waals surface area contributed by atoms with E-state index in [1.54, 1.807) is 25.1 Å². The van der Waals surface area contributed by atoms with Crippen molar-refractivity contribution in [2.45, 2.75) is 33.4 Å². The van der Waals surface area contributed by atoms with Crippen LogP contribution in [-0.4, -0.2) is 35.9 Å². The summed E-state index contributed by atoms with van der Waals surface area (Å²) in [5.41, 5.74) is 1.79. The van der Waals surface area contributed by atoms with Gasteiger partial charge in [-0.1, -0.05) is 39.7 Å². The van der Waals surface area contributed by atoms with Crippen molar-refractivity contribution in [3.8, 4) is 5.75 Å². The maximum absolute atomic E-state index is 12.9. The van der Waals surface area contributed by atoms with Gasteiger partial charge in [0, 0.05) is 22.6 Å². The molecule has 1 atom stereocenters. The molecule has 0 saturated heterocycles. The van der Waals surface area contributed by atoms with Crippen molar-refractivity contribution in [1.29, 1.82) is 0 Å². The minimum absolute atomic E-state index is 0.168. The summed E-state index contributed by atoms with van der Waals surface area (Å²) in [6, 6.07) is 12.2. The van der Waals surface area contributed by atoms with Gasteiger partial charge in [-0.05, 0) is 62.2 Å². The van der Waals surface area contributed by atoms with Gasteiger partial charge in [0.05, 0.1) is 0 Å². The second-order valence-electron chi connectivity index (χ2n) is 6.42. The molecule has 2 amide bonds. The predicted molar refractivity (Wildman–Crippen MR) is 115 cm³/mol. The number of nitrogens with one attached hydrogen (secondary N) is 1. The first kappa shape index (κ1) is 22.2. The molecule has 0 heterocycles. The standard InChI is InChI=1S/C21H24BrClN2O3/c1-4-24-21(27)15(3)25(12-16-6-5-7-17(22)11-16)20(26)13-28-18-8-9-19(23)14(2)10-18/h5-11,15H,4,12-13H2,1-3H3,(H,24,27). The second kappa shape index (κ2) is 10.5. The van der Waals surface area contributed by atoms with Crippen LogP contribution in [0.25, 0.3) is 0 Å². The van der Waals surface area contributed by atoms with Gasteiger partial charge in [0.15, 0.2) is 6.61 Å². The van der Waals surface area contributed by atoms with E-state index in [1.807, 2.05) is 38.1 Å². The summed E-state index contributed by atoms with van der Waals surface area (Å²) in [6.07, 6.45) is 0. The molecule has 7 heteroatoms. The van der Waals surface area contributed by atoms with Crippen molar-refractivity contribution >= 4 is 39.3 Å². The second-order valence-corrected chi connectivity index (χ2v) is 7.74. The van der Waals surface area contributed by atoms with Gasteiger partial charge in [0.25, 0.3) is 5.91 Å². The Kier molecular flexibility index (Phi) is 8.33. The lowest BCUT2D eigenvalue weighted by Crippen LogP contribution is -2.49. The minimum Gasteiger partial charge on any atom is -0.484 e. The van der Waals surface area contributed by atoms with Crippen molar-refractivity contribution in [2.24, 2.45) is 0 Å². The summed E-state index contributed by atoms with van der Waals surface area (Å²) < 4.78 is 6.56. The largest absolute Gasteiger partial charge is 0.484 e. The van der Waals surface area contributed by atoms with Gasteiger partial charge in [-0.3, -0.25) is 9.59 Å². The zero-order valence-electron chi connectivity index (χ0n) is 16.2. The summed E-state index contributed by atoms with van der Waals surface area (Å²) in [4.78, 5) is 26.7. The number of likely N-dealkylation sites (N-methyl/N-ethyl adjacent to an activating group) is 1. The van der Waals surface area contributed by atoms with Crippen LogP contribution in [0.2, 0.25) is 5.02 Å². The first-order valence-corrected chi connectivity index (χ1v) is 10.2. The summed E-state index contributed by atoms with van der Waals surface area (Å²) in [5.74, 6) is 0.0860. The third-order valence-electron chi connectivity index (χ3n) is 4.25.